The normalized spacial score (nSPS) is 15.4. The predicted octanol–water partition coefficient (Wildman–Crippen LogP) is 3.07. The Labute approximate surface area is 173 Å². The number of benzene rings is 2. The fourth-order valence-electron chi connectivity index (χ4n) is 3.29. The monoisotopic (exact) mass is 417 g/mol. The number of nitrogens with one attached hydrogen (secondary N) is 1. The van der Waals surface area contributed by atoms with Gasteiger partial charge >= 0.3 is 11.8 Å². The van der Waals surface area contributed by atoms with Gasteiger partial charge in [0, 0.05) is 30.3 Å². The van der Waals surface area contributed by atoms with E-state index in [9.17, 15) is 18.8 Å². The average Bonchev–Trinajstić information content (AvgIpc) is 2.69. The molecule has 1 fully saturated rings. The number of halogens is 2. The highest BCUT2D eigenvalue weighted by Crippen LogP contribution is 2.19. The standard InChI is InChI=1S/C21H21ClFN3O3/c1-2-18(19(27)24-17-5-3-4-15(22)12-17)26-11-10-25(20(28)21(26)29)13-14-6-8-16(23)9-7-14/h3-9,12,18H,2,10-11,13H2,1H3,(H,24,27). The predicted molar refractivity (Wildman–Crippen MR) is 108 cm³/mol. The summed E-state index contributed by atoms with van der Waals surface area (Å²) in [6, 6.07) is 11.7. The minimum Gasteiger partial charge on any atom is -0.328 e. The van der Waals surface area contributed by atoms with Gasteiger partial charge in [-0.1, -0.05) is 36.7 Å². The number of amides is 3. The van der Waals surface area contributed by atoms with Gasteiger partial charge in [0.1, 0.15) is 11.9 Å². The number of hydrogen-bond donors (Lipinski definition) is 1. The summed E-state index contributed by atoms with van der Waals surface area (Å²) in [7, 11) is 0. The number of rotatable bonds is 6. The molecular weight excluding hydrogens is 397 g/mol. The van der Waals surface area contributed by atoms with Gasteiger partial charge in [-0.25, -0.2) is 4.39 Å². The summed E-state index contributed by atoms with van der Waals surface area (Å²) >= 11 is 5.94. The number of carbonyl (C=O) groups is 3. The third-order valence-corrected chi connectivity index (χ3v) is 5.02. The molecule has 0 saturated carbocycles. The van der Waals surface area contributed by atoms with Crippen LogP contribution in [0.3, 0.4) is 0 Å². The fourth-order valence-corrected chi connectivity index (χ4v) is 3.48. The van der Waals surface area contributed by atoms with Crippen LogP contribution < -0.4 is 5.32 Å². The van der Waals surface area contributed by atoms with Crippen LogP contribution in [0.4, 0.5) is 10.1 Å². The Morgan fingerprint density at radius 2 is 1.86 bits per heavy atom. The van der Waals surface area contributed by atoms with E-state index in [4.69, 9.17) is 11.6 Å². The number of piperazine rings is 1. The Morgan fingerprint density at radius 1 is 1.14 bits per heavy atom. The van der Waals surface area contributed by atoms with Crippen LogP contribution in [0.25, 0.3) is 0 Å². The largest absolute Gasteiger partial charge is 0.328 e. The summed E-state index contributed by atoms with van der Waals surface area (Å²) in [5.74, 6) is -2.12. The van der Waals surface area contributed by atoms with Crippen LogP contribution in [-0.2, 0) is 20.9 Å². The van der Waals surface area contributed by atoms with Crippen molar-refractivity contribution in [1.29, 1.82) is 0 Å². The highest BCUT2D eigenvalue weighted by atomic mass is 35.5. The molecule has 1 aliphatic rings. The van der Waals surface area contributed by atoms with Crippen molar-refractivity contribution in [2.75, 3.05) is 18.4 Å². The molecule has 3 amide bonds. The first kappa shape index (κ1) is 20.8. The maximum atomic E-state index is 13.1. The molecule has 2 aromatic rings. The Bertz CT molecular complexity index is 920. The van der Waals surface area contributed by atoms with E-state index in [1.807, 2.05) is 0 Å². The van der Waals surface area contributed by atoms with Gasteiger partial charge in [-0.3, -0.25) is 14.4 Å². The van der Waals surface area contributed by atoms with Crippen LogP contribution in [0.2, 0.25) is 5.02 Å². The lowest BCUT2D eigenvalue weighted by molar-refractivity contribution is -0.159. The molecule has 1 aliphatic heterocycles. The van der Waals surface area contributed by atoms with Gasteiger partial charge < -0.3 is 15.1 Å². The molecule has 1 unspecified atom stereocenters. The summed E-state index contributed by atoms with van der Waals surface area (Å²) in [6.07, 6.45) is 0.364. The first-order chi connectivity index (χ1) is 13.9. The molecule has 1 saturated heterocycles. The average molecular weight is 418 g/mol. The lowest BCUT2D eigenvalue weighted by Gasteiger charge is -2.37. The Balaban J connectivity index is 1.67. The van der Waals surface area contributed by atoms with Crippen LogP contribution in [-0.4, -0.2) is 46.7 Å². The van der Waals surface area contributed by atoms with Gasteiger partial charge in [-0.15, -0.1) is 0 Å². The third-order valence-electron chi connectivity index (χ3n) is 4.79. The second kappa shape index (κ2) is 9.05. The maximum Gasteiger partial charge on any atom is 0.312 e. The molecule has 0 spiro atoms. The molecule has 1 atom stereocenters. The Hall–Kier alpha value is -2.93. The van der Waals surface area contributed by atoms with Gasteiger partial charge in [-0.2, -0.15) is 0 Å². The molecule has 1 heterocycles. The number of hydrogen-bond acceptors (Lipinski definition) is 3. The smallest absolute Gasteiger partial charge is 0.312 e. The molecule has 1 N–H and O–H groups in total. The molecule has 6 nitrogen and oxygen atoms in total. The molecule has 152 valence electrons. The number of nitrogens with zero attached hydrogens (tertiary/aromatic N) is 2. The van der Waals surface area contributed by atoms with Crippen LogP contribution in [0.15, 0.2) is 48.5 Å². The van der Waals surface area contributed by atoms with Crippen LogP contribution in [0, 0.1) is 5.82 Å². The Morgan fingerprint density at radius 3 is 2.52 bits per heavy atom. The zero-order valence-electron chi connectivity index (χ0n) is 15.9. The maximum absolute atomic E-state index is 13.1. The minimum atomic E-state index is -0.765. The van der Waals surface area contributed by atoms with E-state index in [0.717, 1.165) is 5.56 Å². The van der Waals surface area contributed by atoms with Crippen LogP contribution in [0.1, 0.15) is 18.9 Å². The summed E-state index contributed by atoms with van der Waals surface area (Å²) < 4.78 is 13.1. The van der Waals surface area contributed by atoms with E-state index >= 15 is 0 Å². The van der Waals surface area contributed by atoms with Gasteiger partial charge in [0.2, 0.25) is 5.91 Å². The molecule has 0 bridgehead atoms. The van der Waals surface area contributed by atoms with E-state index < -0.39 is 17.9 Å². The molecule has 0 radical (unpaired) electrons. The highest BCUT2D eigenvalue weighted by Gasteiger charge is 2.38. The summed E-state index contributed by atoms with van der Waals surface area (Å²) in [5.41, 5.74) is 1.25. The summed E-state index contributed by atoms with van der Waals surface area (Å²) in [4.78, 5) is 40.7. The summed E-state index contributed by atoms with van der Waals surface area (Å²) in [5, 5.41) is 3.23. The van der Waals surface area contributed by atoms with E-state index in [2.05, 4.69) is 5.32 Å². The van der Waals surface area contributed by atoms with Crippen molar-refractivity contribution >= 4 is 35.0 Å². The SMILES string of the molecule is CCC(C(=O)Nc1cccc(Cl)c1)N1CCN(Cc2ccc(F)cc2)C(=O)C1=O. The highest BCUT2D eigenvalue weighted by molar-refractivity contribution is 6.36. The van der Waals surface area contributed by atoms with Crippen molar-refractivity contribution in [1.82, 2.24) is 9.80 Å². The second-order valence-corrected chi connectivity index (χ2v) is 7.21. The van der Waals surface area contributed by atoms with Crippen molar-refractivity contribution < 1.29 is 18.8 Å². The quantitative estimate of drug-likeness (QED) is 0.734. The molecule has 0 aromatic heterocycles. The van der Waals surface area contributed by atoms with Crippen molar-refractivity contribution in [3.63, 3.8) is 0 Å². The van der Waals surface area contributed by atoms with Crippen molar-refractivity contribution in [3.8, 4) is 0 Å². The van der Waals surface area contributed by atoms with E-state index in [0.29, 0.717) is 23.7 Å². The first-order valence-electron chi connectivity index (χ1n) is 9.29. The van der Waals surface area contributed by atoms with Gasteiger partial charge in [0.25, 0.3) is 0 Å². The number of carbonyl (C=O) groups excluding carboxylic acids is 3. The van der Waals surface area contributed by atoms with Gasteiger partial charge in [0.15, 0.2) is 0 Å². The van der Waals surface area contributed by atoms with Crippen LogP contribution in [0.5, 0.6) is 0 Å². The zero-order valence-corrected chi connectivity index (χ0v) is 16.7. The Kier molecular flexibility index (Phi) is 6.49. The molecular formula is C21H21ClFN3O3. The first-order valence-corrected chi connectivity index (χ1v) is 9.67. The molecule has 0 aliphatic carbocycles. The van der Waals surface area contributed by atoms with Crippen molar-refractivity contribution in [2.45, 2.75) is 25.9 Å². The zero-order chi connectivity index (χ0) is 21.0. The molecule has 29 heavy (non-hydrogen) atoms. The minimum absolute atomic E-state index is 0.212. The van der Waals surface area contributed by atoms with E-state index in [1.54, 1.807) is 43.3 Å². The number of anilines is 1. The molecule has 8 heteroatoms. The summed E-state index contributed by atoms with van der Waals surface area (Å²) in [6.45, 7) is 2.53. The topological polar surface area (TPSA) is 69.7 Å². The second-order valence-electron chi connectivity index (χ2n) is 6.78. The van der Waals surface area contributed by atoms with Gasteiger partial charge in [-0.05, 0) is 42.3 Å². The van der Waals surface area contributed by atoms with Crippen molar-refractivity contribution in [2.24, 2.45) is 0 Å². The molecule has 3 rings (SSSR count). The molecule has 2 aromatic carbocycles. The van der Waals surface area contributed by atoms with Gasteiger partial charge in [0.05, 0.1) is 0 Å². The van der Waals surface area contributed by atoms with E-state index in [-0.39, 0.29) is 24.8 Å². The lowest BCUT2D eigenvalue weighted by Crippen LogP contribution is -2.59. The van der Waals surface area contributed by atoms with Crippen molar-refractivity contribution in [3.05, 3.63) is 64.9 Å². The van der Waals surface area contributed by atoms with E-state index in [1.165, 1.54) is 21.9 Å². The fraction of sp³-hybridized carbons (Fsp3) is 0.286. The van der Waals surface area contributed by atoms with Crippen LogP contribution >= 0.6 is 11.6 Å². The third kappa shape index (κ3) is 4.92. The lowest BCUT2D eigenvalue weighted by atomic mass is 10.1.